The highest BCUT2D eigenvalue weighted by atomic mass is 35.5. The minimum absolute atomic E-state index is 0.249. The molecule has 0 aliphatic heterocycles. The van der Waals surface area contributed by atoms with Crippen molar-refractivity contribution >= 4 is 34.0 Å². The summed E-state index contributed by atoms with van der Waals surface area (Å²) < 4.78 is 13.3. The van der Waals surface area contributed by atoms with Crippen LogP contribution in [0.3, 0.4) is 0 Å². The zero-order valence-corrected chi connectivity index (χ0v) is 12.9. The van der Waals surface area contributed by atoms with Gasteiger partial charge < -0.3 is 0 Å². The molecule has 0 fully saturated rings. The maximum absolute atomic E-state index is 13.3. The van der Waals surface area contributed by atoms with Crippen molar-refractivity contribution in [2.75, 3.05) is 0 Å². The summed E-state index contributed by atoms with van der Waals surface area (Å²) in [6, 6.07) is 16.4. The van der Waals surface area contributed by atoms with E-state index in [2.05, 4.69) is 0 Å². The van der Waals surface area contributed by atoms with Crippen molar-refractivity contribution in [2.24, 2.45) is 0 Å². The van der Waals surface area contributed by atoms with Gasteiger partial charge in [-0.25, -0.2) is 4.39 Å². The van der Waals surface area contributed by atoms with E-state index in [1.807, 2.05) is 43.3 Å². The second kappa shape index (κ2) is 5.67. The highest BCUT2D eigenvalue weighted by Gasteiger charge is 2.17. The number of fused-ring (bicyclic) bond motifs is 1. The summed E-state index contributed by atoms with van der Waals surface area (Å²) in [5, 5.41) is 2.36. The lowest BCUT2D eigenvalue weighted by atomic mass is 9.95. The van der Waals surface area contributed by atoms with Gasteiger partial charge in [-0.15, -0.1) is 11.6 Å². The van der Waals surface area contributed by atoms with Gasteiger partial charge >= 0.3 is 0 Å². The van der Waals surface area contributed by atoms with Crippen LogP contribution in [0.1, 0.15) is 22.1 Å². The first-order valence-electron chi connectivity index (χ1n) is 6.65. The van der Waals surface area contributed by atoms with Crippen LogP contribution in [0, 0.1) is 12.7 Å². The van der Waals surface area contributed by atoms with E-state index in [-0.39, 0.29) is 11.2 Å². The second-order valence-corrected chi connectivity index (χ2v) is 5.89. The van der Waals surface area contributed by atoms with Crippen LogP contribution in [0.5, 0.6) is 0 Å². The predicted octanol–water partition coefficient (Wildman–Crippen LogP) is 6.27. The van der Waals surface area contributed by atoms with Crippen LogP contribution in [0.15, 0.2) is 54.6 Å². The van der Waals surface area contributed by atoms with Gasteiger partial charge in [0.25, 0.3) is 0 Å². The van der Waals surface area contributed by atoms with Gasteiger partial charge in [-0.2, -0.15) is 0 Å². The molecule has 0 radical (unpaired) electrons. The normalized spacial score (nSPS) is 12.6. The molecule has 0 nitrogen and oxygen atoms in total. The quantitative estimate of drug-likeness (QED) is 0.488. The summed E-state index contributed by atoms with van der Waals surface area (Å²) in [6.45, 7) is 1.87. The first-order valence-corrected chi connectivity index (χ1v) is 7.46. The molecule has 106 valence electrons. The summed E-state index contributed by atoms with van der Waals surface area (Å²) >= 11 is 12.9. The lowest BCUT2D eigenvalue weighted by Gasteiger charge is -2.16. The molecule has 0 bridgehead atoms. The summed E-state index contributed by atoms with van der Waals surface area (Å²) in [7, 11) is 0. The minimum atomic E-state index is -0.340. The Labute approximate surface area is 133 Å². The Morgan fingerprint density at radius 1 is 0.905 bits per heavy atom. The molecule has 0 heterocycles. The molecule has 1 unspecified atom stereocenters. The Hall–Kier alpha value is -1.57. The first kappa shape index (κ1) is 14.4. The van der Waals surface area contributed by atoms with Crippen LogP contribution < -0.4 is 0 Å². The van der Waals surface area contributed by atoms with Crippen LogP contribution in [-0.4, -0.2) is 0 Å². The molecule has 0 saturated heterocycles. The molecule has 21 heavy (non-hydrogen) atoms. The third kappa shape index (κ3) is 2.64. The maximum Gasteiger partial charge on any atom is 0.123 e. The highest BCUT2D eigenvalue weighted by Crippen LogP contribution is 2.37. The molecule has 3 heteroatoms. The van der Waals surface area contributed by atoms with Gasteiger partial charge in [0, 0.05) is 10.4 Å². The van der Waals surface area contributed by atoms with Crippen molar-refractivity contribution in [3.63, 3.8) is 0 Å². The van der Waals surface area contributed by atoms with E-state index in [0.29, 0.717) is 5.02 Å². The SMILES string of the molecule is Cc1cc(F)ccc1C(Cl)c1ccc(Cl)c2ccccc12. The smallest absolute Gasteiger partial charge is 0.123 e. The van der Waals surface area contributed by atoms with Gasteiger partial charge in [-0.05, 0) is 47.2 Å². The molecular formula is C18H13Cl2F. The van der Waals surface area contributed by atoms with Crippen molar-refractivity contribution in [1.29, 1.82) is 0 Å². The molecule has 0 aromatic heterocycles. The zero-order valence-electron chi connectivity index (χ0n) is 11.4. The maximum atomic E-state index is 13.3. The van der Waals surface area contributed by atoms with E-state index in [1.165, 1.54) is 12.1 Å². The lowest BCUT2D eigenvalue weighted by molar-refractivity contribution is 0.625. The molecule has 3 aromatic carbocycles. The van der Waals surface area contributed by atoms with Crippen LogP contribution >= 0.6 is 23.2 Å². The van der Waals surface area contributed by atoms with E-state index in [0.717, 1.165) is 27.5 Å². The summed E-state index contributed by atoms with van der Waals surface area (Å²) in [6.07, 6.45) is 0. The van der Waals surface area contributed by atoms with E-state index >= 15 is 0 Å². The van der Waals surface area contributed by atoms with Gasteiger partial charge in [0.1, 0.15) is 5.82 Å². The molecule has 0 aliphatic carbocycles. The molecule has 3 rings (SSSR count). The predicted molar refractivity (Wildman–Crippen MR) is 87.8 cm³/mol. The van der Waals surface area contributed by atoms with Crippen LogP contribution in [0.4, 0.5) is 4.39 Å². The zero-order chi connectivity index (χ0) is 15.0. The van der Waals surface area contributed by atoms with E-state index in [1.54, 1.807) is 6.07 Å². The number of hydrogen-bond donors (Lipinski definition) is 0. The number of alkyl halides is 1. The van der Waals surface area contributed by atoms with Crippen molar-refractivity contribution in [2.45, 2.75) is 12.3 Å². The van der Waals surface area contributed by atoms with E-state index in [9.17, 15) is 4.39 Å². The van der Waals surface area contributed by atoms with Gasteiger partial charge in [0.2, 0.25) is 0 Å². The topological polar surface area (TPSA) is 0 Å². The Bertz CT molecular complexity index is 811. The van der Waals surface area contributed by atoms with E-state index in [4.69, 9.17) is 23.2 Å². The van der Waals surface area contributed by atoms with Gasteiger partial charge in [0.05, 0.1) is 5.38 Å². The monoisotopic (exact) mass is 318 g/mol. The first-order chi connectivity index (χ1) is 10.1. The largest absolute Gasteiger partial charge is 0.207 e. The fourth-order valence-corrected chi connectivity index (χ4v) is 3.26. The fraction of sp³-hybridized carbons (Fsp3) is 0.111. The number of rotatable bonds is 2. The molecule has 0 spiro atoms. The van der Waals surface area contributed by atoms with Crippen molar-refractivity contribution in [3.8, 4) is 0 Å². The highest BCUT2D eigenvalue weighted by molar-refractivity contribution is 6.36. The third-order valence-corrected chi connectivity index (χ3v) is 4.48. The van der Waals surface area contributed by atoms with Crippen LogP contribution in [0.25, 0.3) is 10.8 Å². The lowest BCUT2D eigenvalue weighted by Crippen LogP contribution is -1.98. The van der Waals surface area contributed by atoms with Gasteiger partial charge in [0.15, 0.2) is 0 Å². The van der Waals surface area contributed by atoms with Crippen molar-refractivity contribution < 1.29 is 4.39 Å². The average molecular weight is 319 g/mol. The summed E-state index contributed by atoms with van der Waals surface area (Å²) in [5.41, 5.74) is 2.73. The second-order valence-electron chi connectivity index (χ2n) is 5.05. The number of hydrogen-bond acceptors (Lipinski definition) is 0. The van der Waals surface area contributed by atoms with Crippen LogP contribution in [0.2, 0.25) is 5.02 Å². The molecule has 0 N–H and O–H groups in total. The Balaban J connectivity index is 2.18. The molecule has 0 amide bonds. The summed E-state index contributed by atoms with van der Waals surface area (Å²) in [4.78, 5) is 0. The Morgan fingerprint density at radius 2 is 1.57 bits per heavy atom. The number of halogens is 3. The molecular weight excluding hydrogens is 306 g/mol. The Kier molecular flexibility index (Phi) is 3.88. The van der Waals surface area contributed by atoms with Crippen molar-refractivity contribution in [3.05, 3.63) is 82.1 Å². The molecule has 0 aliphatic rings. The fourth-order valence-electron chi connectivity index (χ4n) is 2.60. The third-order valence-electron chi connectivity index (χ3n) is 3.68. The molecule has 3 aromatic rings. The van der Waals surface area contributed by atoms with E-state index < -0.39 is 0 Å². The Morgan fingerprint density at radius 3 is 2.29 bits per heavy atom. The molecule has 1 atom stereocenters. The number of aryl methyl sites for hydroxylation is 1. The summed E-state index contributed by atoms with van der Waals surface area (Å²) in [5.74, 6) is -0.249. The minimum Gasteiger partial charge on any atom is -0.207 e. The van der Waals surface area contributed by atoms with Gasteiger partial charge in [-0.1, -0.05) is 48.0 Å². The van der Waals surface area contributed by atoms with Crippen LogP contribution in [-0.2, 0) is 0 Å². The molecule has 0 saturated carbocycles. The number of benzene rings is 3. The van der Waals surface area contributed by atoms with Gasteiger partial charge in [-0.3, -0.25) is 0 Å². The average Bonchev–Trinajstić information content (AvgIpc) is 2.47. The van der Waals surface area contributed by atoms with Crippen molar-refractivity contribution in [1.82, 2.24) is 0 Å². The standard InChI is InChI=1S/C18H13Cl2F/c1-11-10-12(21)6-7-13(11)18(20)16-8-9-17(19)15-5-3-2-4-14(15)16/h2-10,18H,1H3.